The number of rotatable bonds is 9. The second-order valence-electron chi connectivity index (χ2n) is 12.9. The molecule has 286 valence electrons. The summed E-state index contributed by atoms with van der Waals surface area (Å²) in [5.74, 6) is -6.93. The van der Waals surface area contributed by atoms with E-state index in [-0.39, 0.29) is 82.9 Å². The molecule has 4 rings (SSSR count). The zero-order chi connectivity index (χ0) is 40.9. The number of ether oxygens (including phenoxy) is 4. The van der Waals surface area contributed by atoms with Crippen LogP contribution in [0.15, 0.2) is 34.0 Å². The molecule has 1 aliphatic carbocycles. The molecule has 0 radical (unpaired) electrons. The molecule has 0 saturated heterocycles. The van der Waals surface area contributed by atoms with Gasteiger partial charge in [-0.15, -0.1) is 0 Å². The quantitative estimate of drug-likeness (QED) is 0.144. The van der Waals surface area contributed by atoms with E-state index in [1.54, 1.807) is 6.92 Å². The van der Waals surface area contributed by atoms with Crippen LogP contribution in [-0.2, 0) is 14.3 Å². The Morgan fingerprint density at radius 1 is 0.741 bits per heavy atom. The van der Waals surface area contributed by atoms with Crippen LogP contribution in [0.2, 0.25) is 0 Å². The summed E-state index contributed by atoms with van der Waals surface area (Å²) in [6, 6.07) is 1.36. The normalized spacial score (nSPS) is 15.4. The molecule has 1 aliphatic rings. The van der Waals surface area contributed by atoms with Crippen LogP contribution in [0.3, 0.4) is 0 Å². The Morgan fingerprint density at radius 2 is 1.28 bits per heavy atom. The van der Waals surface area contributed by atoms with Crippen molar-refractivity contribution in [2.75, 3.05) is 7.11 Å². The fourth-order valence-electron chi connectivity index (χ4n) is 6.33. The molecule has 54 heavy (non-hydrogen) atoms. The maximum Gasteiger partial charge on any atom is 0.356 e. The van der Waals surface area contributed by atoms with Gasteiger partial charge >= 0.3 is 23.9 Å². The molecular formula is C39H37BrF2O12. The summed E-state index contributed by atoms with van der Waals surface area (Å²) in [4.78, 5) is 64.4. The maximum atomic E-state index is 14.3. The number of aromatic carboxylic acids is 1. The lowest BCUT2D eigenvalue weighted by atomic mass is 9.87. The first-order valence-electron chi connectivity index (χ1n) is 16.2. The summed E-state index contributed by atoms with van der Waals surface area (Å²) in [6.45, 7) is 12.9. The molecule has 0 spiro atoms. The molecule has 12 nitrogen and oxygen atoms in total. The van der Waals surface area contributed by atoms with E-state index in [2.05, 4.69) is 15.9 Å². The van der Waals surface area contributed by atoms with Gasteiger partial charge in [0.1, 0.15) is 33.0 Å². The van der Waals surface area contributed by atoms with E-state index in [9.17, 15) is 48.1 Å². The van der Waals surface area contributed by atoms with Gasteiger partial charge in [0.25, 0.3) is 6.43 Å². The summed E-state index contributed by atoms with van der Waals surface area (Å²) >= 11 is 3.17. The molecule has 0 aliphatic heterocycles. The predicted molar refractivity (Wildman–Crippen MR) is 193 cm³/mol. The number of ketones is 1. The fraction of sp³-hybridized carbons (Fsp3) is 0.308. The van der Waals surface area contributed by atoms with E-state index in [0.29, 0.717) is 5.56 Å². The Hall–Kier alpha value is -5.41. The lowest BCUT2D eigenvalue weighted by molar-refractivity contribution is -0.151. The van der Waals surface area contributed by atoms with Crippen LogP contribution < -0.4 is 14.2 Å². The van der Waals surface area contributed by atoms with Crippen LogP contribution in [-0.4, -0.2) is 57.7 Å². The summed E-state index contributed by atoms with van der Waals surface area (Å²) in [7, 11) is 1.16. The fourth-order valence-corrected chi connectivity index (χ4v) is 6.91. The van der Waals surface area contributed by atoms with Gasteiger partial charge in [0.05, 0.1) is 23.8 Å². The highest BCUT2D eigenvalue weighted by atomic mass is 79.9. The number of esters is 3. The topological polar surface area (TPSA) is 183 Å². The Kier molecular flexibility index (Phi) is 11.6. The van der Waals surface area contributed by atoms with Crippen LogP contribution in [0, 0.1) is 55.4 Å². The molecule has 0 amide bonds. The van der Waals surface area contributed by atoms with Gasteiger partial charge in [-0.05, 0) is 140 Å². The van der Waals surface area contributed by atoms with Gasteiger partial charge in [-0.1, -0.05) is 0 Å². The molecule has 0 heterocycles. The van der Waals surface area contributed by atoms with Crippen LogP contribution >= 0.6 is 15.9 Å². The van der Waals surface area contributed by atoms with E-state index in [4.69, 9.17) is 18.9 Å². The zero-order valence-corrected chi connectivity index (χ0v) is 32.5. The predicted octanol–water partition coefficient (Wildman–Crippen LogP) is 7.39. The van der Waals surface area contributed by atoms with E-state index >= 15 is 0 Å². The number of carbonyl (C=O) groups is 5. The molecular weight excluding hydrogens is 778 g/mol. The van der Waals surface area contributed by atoms with Crippen molar-refractivity contribution < 1.29 is 67.0 Å². The number of phenolic OH excluding ortho intramolecular Hbond substituents is 1. The average molecular weight is 816 g/mol. The van der Waals surface area contributed by atoms with Crippen LogP contribution in [0.4, 0.5) is 8.78 Å². The number of carbonyl (C=O) groups excluding carboxylic acids is 4. The van der Waals surface area contributed by atoms with Gasteiger partial charge in [-0.25, -0.2) is 28.0 Å². The molecule has 0 unspecified atom stereocenters. The van der Waals surface area contributed by atoms with Crippen molar-refractivity contribution in [1.82, 2.24) is 0 Å². The van der Waals surface area contributed by atoms with Gasteiger partial charge in [0.2, 0.25) is 5.60 Å². The number of phenols is 1. The van der Waals surface area contributed by atoms with Crippen LogP contribution in [0.1, 0.15) is 94.5 Å². The van der Waals surface area contributed by atoms with Gasteiger partial charge in [0, 0.05) is 6.08 Å². The largest absolute Gasteiger partial charge is 0.506 e. The van der Waals surface area contributed by atoms with E-state index < -0.39 is 58.7 Å². The average Bonchev–Trinajstić information content (AvgIpc) is 3.08. The highest BCUT2D eigenvalue weighted by Crippen LogP contribution is 2.45. The van der Waals surface area contributed by atoms with Gasteiger partial charge in [-0.3, -0.25) is 4.79 Å². The number of halogens is 3. The minimum absolute atomic E-state index is 0.00568. The third-order valence-corrected chi connectivity index (χ3v) is 10.5. The monoisotopic (exact) mass is 814 g/mol. The minimum Gasteiger partial charge on any atom is -0.506 e. The maximum absolute atomic E-state index is 14.3. The van der Waals surface area contributed by atoms with Crippen molar-refractivity contribution in [3.05, 3.63) is 101 Å². The van der Waals surface area contributed by atoms with Crippen LogP contribution in [0.5, 0.6) is 23.0 Å². The molecule has 3 aromatic rings. The number of carboxylic acid groups (broad SMARTS) is 1. The van der Waals surface area contributed by atoms with Crippen molar-refractivity contribution >= 4 is 45.6 Å². The number of aliphatic hydroxyl groups is 1. The summed E-state index contributed by atoms with van der Waals surface area (Å²) < 4.78 is 50.2. The number of hydrogen-bond donors (Lipinski definition) is 3. The minimum atomic E-state index is -3.15. The third-order valence-electron chi connectivity index (χ3n) is 9.78. The first-order chi connectivity index (χ1) is 25.0. The molecule has 1 atom stereocenters. The molecule has 3 N–H and O–H groups in total. The molecule has 0 fully saturated rings. The van der Waals surface area contributed by atoms with Gasteiger partial charge in [0.15, 0.2) is 11.5 Å². The van der Waals surface area contributed by atoms with Crippen LogP contribution in [0.25, 0.3) is 0 Å². The number of alkyl halides is 2. The van der Waals surface area contributed by atoms with Crippen molar-refractivity contribution in [1.29, 1.82) is 0 Å². The SMILES string of the molecule is COC1=CC(=O)C=C(C)[C@]1(O)C(=O)Oc1c(C)c(C)c(C(=O)Oc2cc(C)c(C(=O)Oc3c(C)c(C)c(C(=O)O)c(C)c3C(F)F)c(C)c2C)c(O)c1Br. The number of hydrogen-bond acceptors (Lipinski definition) is 11. The van der Waals surface area contributed by atoms with E-state index in [1.807, 2.05) is 0 Å². The van der Waals surface area contributed by atoms with Gasteiger partial charge < -0.3 is 34.3 Å². The standard InChI is InChI=1S/C39H37BrF2O12/c1-14-11-24(16(3)17(4)26(14)36(47)53-32-20(7)18(5)27(35(45)46)22(9)29(32)34(41)42)52-37(48)28-19(6)21(8)33(30(40)31(28)44)54-38(49)39(50)15(2)12-23(43)13-25(39)51-10/h11-13,34,44,50H,1-10H3,(H,45,46)/t39-/m1/s1. The lowest BCUT2D eigenvalue weighted by Gasteiger charge is -2.30. The summed E-state index contributed by atoms with van der Waals surface area (Å²) in [5.41, 5.74) is -2.73. The lowest BCUT2D eigenvalue weighted by Crippen LogP contribution is -2.47. The summed E-state index contributed by atoms with van der Waals surface area (Å²) in [6.07, 6.45) is -1.17. The molecule has 15 heteroatoms. The molecule has 0 aromatic heterocycles. The van der Waals surface area contributed by atoms with Crippen molar-refractivity contribution in [2.45, 2.75) is 74.3 Å². The number of allylic oxidation sites excluding steroid dienone is 2. The van der Waals surface area contributed by atoms with E-state index in [1.165, 1.54) is 61.5 Å². The Labute approximate surface area is 317 Å². The smallest absolute Gasteiger partial charge is 0.356 e. The third kappa shape index (κ3) is 6.89. The number of methoxy groups -OCH3 is 1. The van der Waals surface area contributed by atoms with Crippen molar-refractivity contribution in [3.8, 4) is 23.0 Å². The molecule has 0 saturated carbocycles. The Balaban J connectivity index is 1.68. The van der Waals surface area contributed by atoms with Crippen molar-refractivity contribution in [3.63, 3.8) is 0 Å². The number of aromatic hydroxyl groups is 1. The van der Waals surface area contributed by atoms with Crippen molar-refractivity contribution in [2.24, 2.45) is 0 Å². The van der Waals surface area contributed by atoms with E-state index in [0.717, 1.165) is 19.3 Å². The second kappa shape index (κ2) is 15.1. The highest BCUT2D eigenvalue weighted by molar-refractivity contribution is 9.10. The zero-order valence-electron chi connectivity index (χ0n) is 31.0. The second-order valence-corrected chi connectivity index (χ2v) is 13.6. The Morgan fingerprint density at radius 3 is 1.83 bits per heavy atom. The highest BCUT2D eigenvalue weighted by Gasteiger charge is 2.48. The van der Waals surface area contributed by atoms with Gasteiger partial charge in [-0.2, -0.15) is 0 Å². The Bertz CT molecular complexity index is 2220. The molecule has 3 aromatic carbocycles. The number of benzene rings is 3. The first-order valence-corrected chi connectivity index (χ1v) is 17.0. The first kappa shape index (κ1) is 41.3. The number of aryl methyl sites for hydroxylation is 1. The number of carboxylic acids is 1. The molecule has 0 bridgehead atoms. The summed E-state index contributed by atoms with van der Waals surface area (Å²) in [5, 5.41) is 32.1.